The maximum Gasteiger partial charge on any atom is 0.252 e. The van der Waals surface area contributed by atoms with Crippen molar-refractivity contribution in [3.8, 4) is 5.75 Å². The average molecular weight is 421 g/mol. The van der Waals surface area contributed by atoms with Gasteiger partial charge in [0.15, 0.2) is 0 Å². The lowest BCUT2D eigenvalue weighted by Crippen LogP contribution is -2.45. The molecule has 1 amide bonds. The number of hydrogen-bond donors (Lipinski definition) is 1. The van der Waals surface area contributed by atoms with Crippen LogP contribution in [0.1, 0.15) is 24.8 Å². The number of nitrogens with one attached hydrogen (secondary N) is 1. The third kappa shape index (κ3) is 3.94. The molecule has 1 aromatic carbocycles. The Hall–Kier alpha value is -1.90. The number of benzene rings is 1. The predicted octanol–water partition coefficient (Wildman–Crippen LogP) is 3.49. The molecule has 8 heteroatoms. The first kappa shape index (κ1) is 19.4. The number of hydrogen-bond acceptors (Lipinski definition) is 5. The van der Waals surface area contributed by atoms with Crippen molar-refractivity contribution in [3.05, 3.63) is 41.3 Å². The van der Waals surface area contributed by atoms with E-state index >= 15 is 0 Å². The minimum absolute atomic E-state index is 0.0399. The third-order valence-corrected chi connectivity index (χ3v) is 8.78. The molecule has 0 spiro atoms. The topological polar surface area (TPSA) is 75.7 Å². The standard InChI is InChI=1S/C20H24N2O4S2/c1-14-4-5-18-17(11-14)21-19(23)12-15-6-8-22(13-16(15)7-9-26-18)28(24,25)20-3-2-10-27-20/h2-5,10-11,15-16H,6-9,12-13H2,1H3,(H,21,23)/t15-,16-/m0/s1. The van der Waals surface area contributed by atoms with Crippen LogP contribution in [0.15, 0.2) is 39.9 Å². The van der Waals surface area contributed by atoms with E-state index in [9.17, 15) is 13.2 Å². The molecule has 1 aromatic heterocycles. The van der Waals surface area contributed by atoms with Crippen LogP contribution in [0.3, 0.4) is 0 Å². The zero-order chi connectivity index (χ0) is 19.7. The van der Waals surface area contributed by atoms with E-state index in [0.717, 1.165) is 12.0 Å². The molecular formula is C20H24N2O4S2. The number of anilines is 1. The number of fused-ring (bicyclic) bond motifs is 2. The summed E-state index contributed by atoms with van der Waals surface area (Å²) in [5.41, 5.74) is 1.77. The molecule has 0 unspecified atom stereocenters. The number of rotatable bonds is 2. The Balaban J connectivity index is 1.53. The third-order valence-electron chi connectivity index (χ3n) is 5.55. The molecule has 2 aliphatic rings. The fourth-order valence-corrected chi connectivity index (χ4v) is 6.68. The van der Waals surface area contributed by atoms with Crippen molar-refractivity contribution in [1.29, 1.82) is 0 Å². The molecule has 1 N–H and O–H groups in total. The number of sulfonamides is 1. The van der Waals surface area contributed by atoms with E-state index in [1.54, 1.807) is 21.8 Å². The number of aryl methyl sites for hydroxylation is 1. The second-order valence-electron chi connectivity index (χ2n) is 7.49. The largest absolute Gasteiger partial charge is 0.491 e. The fraction of sp³-hybridized carbons (Fsp3) is 0.450. The van der Waals surface area contributed by atoms with Crippen LogP contribution < -0.4 is 10.1 Å². The summed E-state index contributed by atoms with van der Waals surface area (Å²) in [6.45, 7) is 3.36. The minimum Gasteiger partial charge on any atom is -0.491 e. The predicted molar refractivity (Wildman–Crippen MR) is 109 cm³/mol. The van der Waals surface area contributed by atoms with Crippen molar-refractivity contribution < 1.29 is 17.9 Å². The molecule has 3 heterocycles. The summed E-state index contributed by atoms with van der Waals surface area (Å²) in [7, 11) is -3.46. The molecule has 150 valence electrons. The number of carbonyl (C=O) groups excluding carboxylic acids is 1. The quantitative estimate of drug-likeness (QED) is 0.807. The van der Waals surface area contributed by atoms with E-state index in [1.165, 1.54) is 11.3 Å². The summed E-state index contributed by atoms with van der Waals surface area (Å²) in [4.78, 5) is 12.6. The first-order valence-electron chi connectivity index (χ1n) is 9.50. The van der Waals surface area contributed by atoms with Crippen LogP contribution in [0.25, 0.3) is 0 Å². The van der Waals surface area contributed by atoms with Crippen LogP contribution in [0, 0.1) is 18.8 Å². The summed E-state index contributed by atoms with van der Waals surface area (Å²) >= 11 is 1.24. The fourth-order valence-electron chi connectivity index (χ4n) is 4.03. The van der Waals surface area contributed by atoms with Crippen molar-refractivity contribution in [1.82, 2.24) is 4.31 Å². The highest BCUT2D eigenvalue weighted by atomic mass is 32.2. The molecule has 6 nitrogen and oxygen atoms in total. The molecule has 0 aliphatic carbocycles. The minimum atomic E-state index is -3.46. The Morgan fingerprint density at radius 2 is 2.07 bits per heavy atom. The van der Waals surface area contributed by atoms with Crippen molar-refractivity contribution in [2.24, 2.45) is 11.8 Å². The van der Waals surface area contributed by atoms with E-state index in [-0.39, 0.29) is 17.7 Å². The van der Waals surface area contributed by atoms with Gasteiger partial charge in [-0.15, -0.1) is 11.3 Å². The molecule has 1 fully saturated rings. The Bertz CT molecular complexity index is 957. The van der Waals surface area contributed by atoms with Crippen molar-refractivity contribution in [2.75, 3.05) is 25.0 Å². The van der Waals surface area contributed by atoms with E-state index < -0.39 is 10.0 Å². The molecule has 4 rings (SSSR count). The van der Waals surface area contributed by atoms with E-state index in [0.29, 0.717) is 48.2 Å². The van der Waals surface area contributed by atoms with Gasteiger partial charge in [0.2, 0.25) is 5.91 Å². The number of ether oxygens (including phenoxy) is 1. The molecule has 28 heavy (non-hydrogen) atoms. The van der Waals surface area contributed by atoms with Crippen LogP contribution in [0.5, 0.6) is 5.75 Å². The van der Waals surface area contributed by atoms with Gasteiger partial charge in [-0.25, -0.2) is 8.42 Å². The molecule has 2 atom stereocenters. The van der Waals surface area contributed by atoms with Crippen LogP contribution in [-0.4, -0.2) is 38.3 Å². The van der Waals surface area contributed by atoms with Gasteiger partial charge < -0.3 is 10.1 Å². The molecule has 0 bridgehead atoms. The molecule has 2 aromatic rings. The summed E-state index contributed by atoms with van der Waals surface area (Å²) in [5, 5.41) is 4.75. The Kier molecular flexibility index (Phi) is 5.44. The van der Waals surface area contributed by atoms with Gasteiger partial charge in [-0.05, 0) is 60.7 Å². The smallest absolute Gasteiger partial charge is 0.252 e. The number of carbonyl (C=O) groups is 1. The van der Waals surface area contributed by atoms with Crippen molar-refractivity contribution in [3.63, 3.8) is 0 Å². The van der Waals surface area contributed by atoms with Gasteiger partial charge in [0.05, 0.1) is 12.3 Å². The van der Waals surface area contributed by atoms with Gasteiger partial charge >= 0.3 is 0 Å². The molecule has 1 saturated heterocycles. The monoisotopic (exact) mass is 420 g/mol. The maximum atomic E-state index is 12.9. The van der Waals surface area contributed by atoms with Gasteiger partial charge in [-0.1, -0.05) is 12.1 Å². The number of amides is 1. The normalized spacial score (nSPS) is 23.8. The Labute approximate surface area is 169 Å². The van der Waals surface area contributed by atoms with Crippen molar-refractivity contribution in [2.45, 2.75) is 30.4 Å². The lowest BCUT2D eigenvalue weighted by molar-refractivity contribution is -0.117. The van der Waals surface area contributed by atoms with E-state index in [2.05, 4.69) is 5.32 Å². The highest BCUT2D eigenvalue weighted by Gasteiger charge is 2.37. The van der Waals surface area contributed by atoms with E-state index in [1.807, 2.05) is 25.1 Å². The summed E-state index contributed by atoms with van der Waals surface area (Å²) in [6.07, 6.45) is 1.82. The lowest BCUT2D eigenvalue weighted by Gasteiger charge is -2.38. The number of thiophene rings is 1. The average Bonchev–Trinajstić information content (AvgIpc) is 3.20. The summed E-state index contributed by atoms with van der Waals surface area (Å²) in [6, 6.07) is 9.15. The molecule has 0 radical (unpaired) electrons. The maximum absolute atomic E-state index is 12.9. The van der Waals surface area contributed by atoms with E-state index in [4.69, 9.17) is 4.74 Å². The Morgan fingerprint density at radius 1 is 1.21 bits per heavy atom. The second-order valence-corrected chi connectivity index (χ2v) is 10.6. The van der Waals surface area contributed by atoms with Crippen LogP contribution in [0.2, 0.25) is 0 Å². The van der Waals surface area contributed by atoms with Gasteiger partial charge in [-0.2, -0.15) is 4.31 Å². The highest BCUT2D eigenvalue weighted by Crippen LogP contribution is 2.35. The van der Waals surface area contributed by atoms with Gasteiger partial charge in [-0.3, -0.25) is 4.79 Å². The lowest BCUT2D eigenvalue weighted by atomic mass is 9.82. The first-order valence-corrected chi connectivity index (χ1v) is 11.8. The van der Waals surface area contributed by atoms with Crippen molar-refractivity contribution >= 4 is 33.0 Å². The zero-order valence-electron chi connectivity index (χ0n) is 15.8. The first-order chi connectivity index (χ1) is 13.4. The molecule has 2 aliphatic heterocycles. The Morgan fingerprint density at radius 3 is 2.86 bits per heavy atom. The highest BCUT2D eigenvalue weighted by molar-refractivity contribution is 7.91. The molecular weight excluding hydrogens is 396 g/mol. The number of piperidine rings is 1. The number of nitrogens with zero attached hydrogens (tertiary/aromatic N) is 1. The second kappa shape index (κ2) is 7.85. The zero-order valence-corrected chi connectivity index (χ0v) is 17.4. The van der Waals surface area contributed by atoms with Gasteiger partial charge in [0.1, 0.15) is 9.96 Å². The molecule has 0 saturated carbocycles. The summed E-state index contributed by atoms with van der Waals surface area (Å²) < 4.78 is 33.6. The van der Waals surface area contributed by atoms with Gasteiger partial charge in [0.25, 0.3) is 10.0 Å². The van der Waals surface area contributed by atoms with Crippen LogP contribution in [-0.2, 0) is 14.8 Å². The SMILES string of the molecule is Cc1ccc2c(c1)NC(=O)C[C@@H]1CCN(S(=O)(=O)c3cccs3)C[C@@H]1CCO2. The van der Waals surface area contributed by atoms with Crippen LogP contribution in [0.4, 0.5) is 5.69 Å². The van der Waals surface area contributed by atoms with Gasteiger partial charge in [0, 0.05) is 19.5 Å². The summed E-state index contributed by atoms with van der Waals surface area (Å²) in [5.74, 6) is 0.879. The van der Waals surface area contributed by atoms with Crippen LogP contribution >= 0.6 is 11.3 Å².